The van der Waals surface area contributed by atoms with Crippen LogP contribution in [0.2, 0.25) is 26.6 Å². The third-order valence-corrected chi connectivity index (χ3v) is 42.2. The van der Waals surface area contributed by atoms with Crippen LogP contribution >= 0.6 is 0 Å². The van der Waals surface area contributed by atoms with Gasteiger partial charge < -0.3 is 0 Å². The number of carbonyl (C=O) groups is 2. The van der Waals surface area contributed by atoms with E-state index in [-0.39, 0.29) is 11.9 Å². The molecule has 0 N–H and O–H groups in total. The Morgan fingerprint density at radius 2 is 0.725 bits per heavy atom. The molecule has 0 amide bonds. The summed E-state index contributed by atoms with van der Waals surface area (Å²) in [7, 11) is 2.93. The fourth-order valence-corrected chi connectivity index (χ4v) is 50.3. The molecule has 0 bridgehead atoms. The van der Waals surface area contributed by atoms with E-state index >= 15 is 0 Å². The van der Waals surface area contributed by atoms with Crippen molar-refractivity contribution in [2.75, 3.05) is 14.2 Å². The van der Waals surface area contributed by atoms with Crippen molar-refractivity contribution < 1.29 is 19.1 Å². The second-order valence-corrected chi connectivity index (χ2v) is 37.8. The summed E-state index contributed by atoms with van der Waals surface area (Å²) >= 11 is -6.66. The normalized spacial score (nSPS) is 12.0. The first kappa shape index (κ1) is 37.6. The Hall–Kier alpha value is -0.383. The molecular formula is C32H60N2O4Sn2. The van der Waals surface area contributed by atoms with Crippen LogP contribution in [-0.2, 0) is 9.47 Å². The zero-order chi connectivity index (χ0) is 30.0. The number of esters is 2. The predicted molar refractivity (Wildman–Crippen MR) is 174 cm³/mol. The minimum atomic E-state index is -3.33. The van der Waals surface area contributed by atoms with E-state index in [0.717, 1.165) is 38.5 Å². The number of carbonyl (C=O) groups excluding carboxylic acids is 2. The van der Waals surface area contributed by atoms with Gasteiger partial charge in [-0.3, -0.25) is 0 Å². The SMILES string of the molecule is CCC[CH2][Sn]([CH2]CCC)([CH2]CCC)[c]1c(C(=O)OC)nnc(C(=O)OC)[c]1[Sn]([CH2]CCC)([CH2]CCC)[CH2]CCC. The Morgan fingerprint density at radius 3 is 0.900 bits per heavy atom. The van der Waals surface area contributed by atoms with E-state index in [0.29, 0.717) is 11.4 Å². The average molecular weight is 774 g/mol. The van der Waals surface area contributed by atoms with Gasteiger partial charge in [-0.15, -0.1) is 0 Å². The maximum atomic E-state index is 13.6. The van der Waals surface area contributed by atoms with Gasteiger partial charge in [-0.25, -0.2) is 0 Å². The molecule has 40 heavy (non-hydrogen) atoms. The average Bonchev–Trinajstić information content (AvgIpc) is 2.99. The number of hydrogen-bond donors (Lipinski definition) is 0. The molecule has 0 saturated carbocycles. The molecule has 230 valence electrons. The van der Waals surface area contributed by atoms with Crippen LogP contribution in [0.15, 0.2) is 0 Å². The quantitative estimate of drug-likeness (QED) is 0.0875. The van der Waals surface area contributed by atoms with Gasteiger partial charge in [0.25, 0.3) is 0 Å². The van der Waals surface area contributed by atoms with Gasteiger partial charge in [-0.1, -0.05) is 0 Å². The molecule has 1 rings (SSSR count). The van der Waals surface area contributed by atoms with E-state index in [1.165, 1.54) is 86.5 Å². The van der Waals surface area contributed by atoms with E-state index in [2.05, 4.69) is 51.7 Å². The minimum absolute atomic E-state index is 0.368. The Bertz CT molecular complexity index is 779. The summed E-state index contributed by atoms with van der Waals surface area (Å²) in [5, 5.41) is 9.17. The van der Waals surface area contributed by atoms with E-state index < -0.39 is 36.8 Å². The van der Waals surface area contributed by atoms with Crippen LogP contribution in [-0.4, -0.2) is 73.1 Å². The van der Waals surface area contributed by atoms with Gasteiger partial charge in [0.2, 0.25) is 0 Å². The molecular weight excluding hydrogens is 714 g/mol. The molecule has 0 saturated heterocycles. The fourth-order valence-electron chi connectivity index (χ4n) is 6.54. The molecule has 1 heterocycles. The van der Waals surface area contributed by atoms with Crippen molar-refractivity contribution in [1.82, 2.24) is 10.2 Å². The summed E-state index contributed by atoms with van der Waals surface area (Å²) in [4.78, 5) is 27.2. The Kier molecular flexibility index (Phi) is 19.3. The topological polar surface area (TPSA) is 78.4 Å². The van der Waals surface area contributed by atoms with Gasteiger partial charge in [0.1, 0.15) is 0 Å². The van der Waals surface area contributed by atoms with Crippen LogP contribution in [0.3, 0.4) is 0 Å². The van der Waals surface area contributed by atoms with E-state index in [4.69, 9.17) is 9.47 Å². The molecule has 0 unspecified atom stereocenters. The van der Waals surface area contributed by atoms with Crippen LogP contribution in [0.5, 0.6) is 0 Å². The molecule has 0 radical (unpaired) electrons. The number of aromatic nitrogens is 2. The van der Waals surface area contributed by atoms with Gasteiger partial charge >= 0.3 is 256 Å². The Balaban J connectivity index is 4.47. The first-order valence-electron chi connectivity index (χ1n) is 16.4. The number of nitrogens with zero attached hydrogens (tertiary/aromatic N) is 2. The first-order chi connectivity index (χ1) is 19.3. The van der Waals surface area contributed by atoms with E-state index in [9.17, 15) is 9.59 Å². The molecule has 6 nitrogen and oxygen atoms in total. The van der Waals surface area contributed by atoms with Crippen molar-refractivity contribution in [2.24, 2.45) is 0 Å². The predicted octanol–water partition coefficient (Wildman–Crippen LogP) is 8.16. The summed E-state index contributed by atoms with van der Waals surface area (Å²) in [6.07, 6.45) is 13.8. The van der Waals surface area contributed by atoms with Crippen LogP contribution < -0.4 is 7.16 Å². The molecule has 1 aromatic rings. The molecule has 1 aromatic heterocycles. The number of methoxy groups -OCH3 is 2. The number of hydrogen-bond acceptors (Lipinski definition) is 6. The van der Waals surface area contributed by atoms with Crippen molar-refractivity contribution in [1.29, 1.82) is 0 Å². The van der Waals surface area contributed by atoms with Gasteiger partial charge in [0, 0.05) is 0 Å². The monoisotopic (exact) mass is 776 g/mol. The zero-order valence-electron chi connectivity index (χ0n) is 27.3. The summed E-state index contributed by atoms with van der Waals surface area (Å²) in [6.45, 7) is 13.6. The maximum absolute atomic E-state index is 13.6. The molecule has 0 spiro atoms. The fraction of sp³-hybridized carbons (Fsp3) is 0.812. The van der Waals surface area contributed by atoms with E-state index in [1.807, 2.05) is 0 Å². The number of rotatable bonds is 22. The van der Waals surface area contributed by atoms with Gasteiger partial charge in [-0.05, 0) is 0 Å². The number of ether oxygens (including phenoxy) is 2. The second kappa shape index (κ2) is 20.5. The second-order valence-electron chi connectivity index (χ2n) is 11.8. The molecule has 0 atom stereocenters. The number of unbranched alkanes of at least 4 members (excludes halogenated alkanes) is 6. The molecule has 8 heteroatoms. The van der Waals surface area contributed by atoms with Gasteiger partial charge in [0.15, 0.2) is 0 Å². The molecule has 0 aliphatic rings. The molecule has 0 aromatic carbocycles. The molecule has 0 fully saturated rings. The Labute approximate surface area is 254 Å². The molecule has 0 aliphatic heterocycles. The van der Waals surface area contributed by atoms with E-state index in [1.54, 1.807) is 0 Å². The van der Waals surface area contributed by atoms with Crippen LogP contribution in [0.4, 0.5) is 0 Å². The third-order valence-electron chi connectivity index (χ3n) is 8.85. The van der Waals surface area contributed by atoms with Gasteiger partial charge in [0.05, 0.1) is 0 Å². The summed E-state index contributed by atoms with van der Waals surface area (Å²) in [5.41, 5.74) is 0.907. The van der Waals surface area contributed by atoms with Crippen LogP contribution in [0.25, 0.3) is 0 Å². The first-order valence-corrected chi connectivity index (χ1v) is 31.4. The van der Waals surface area contributed by atoms with Gasteiger partial charge in [-0.2, -0.15) is 0 Å². The summed E-state index contributed by atoms with van der Waals surface area (Å²) < 4.78 is 20.6. The van der Waals surface area contributed by atoms with Crippen molar-refractivity contribution in [3.8, 4) is 0 Å². The van der Waals surface area contributed by atoms with Crippen molar-refractivity contribution in [3.63, 3.8) is 0 Å². The summed E-state index contributed by atoms with van der Waals surface area (Å²) in [6, 6.07) is 0. The summed E-state index contributed by atoms with van der Waals surface area (Å²) in [5.74, 6) is -0.736. The molecule has 0 aliphatic carbocycles. The van der Waals surface area contributed by atoms with Crippen LogP contribution in [0, 0.1) is 0 Å². The Morgan fingerprint density at radius 1 is 0.500 bits per heavy atom. The van der Waals surface area contributed by atoms with Crippen molar-refractivity contribution in [2.45, 2.75) is 145 Å². The third kappa shape index (κ3) is 10.1. The zero-order valence-corrected chi connectivity index (χ0v) is 33.0. The van der Waals surface area contributed by atoms with Crippen LogP contribution in [0.1, 0.15) is 140 Å². The standard InChI is InChI=1S/C8H6N2O4.6C4H9.2Sn/c1-13-7(11)5-3-4-6(10-9-5)8(12)14-2;6*1-3-4-2;;/h1-2H3;6*1,3-4H2,2H3;;. The van der Waals surface area contributed by atoms with Crippen molar-refractivity contribution >= 4 is 55.9 Å². The van der Waals surface area contributed by atoms with Crippen molar-refractivity contribution in [3.05, 3.63) is 11.4 Å².